The molecule has 0 spiro atoms. The average Bonchev–Trinajstić information content (AvgIpc) is 2.59. The van der Waals surface area contributed by atoms with Gasteiger partial charge in [0.2, 0.25) is 5.91 Å². The van der Waals surface area contributed by atoms with Gasteiger partial charge in [-0.1, -0.05) is 0 Å². The van der Waals surface area contributed by atoms with Crippen LogP contribution in [0.1, 0.15) is 5.69 Å². The average molecular weight is 320 g/mol. The van der Waals surface area contributed by atoms with E-state index in [4.69, 9.17) is 4.74 Å². The van der Waals surface area contributed by atoms with Crippen molar-refractivity contribution in [2.75, 3.05) is 23.9 Å². The summed E-state index contributed by atoms with van der Waals surface area (Å²) in [5.74, 6) is 0.624. The van der Waals surface area contributed by atoms with Crippen LogP contribution in [0, 0.1) is 6.92 Å². The molecule has 4 rings (SSSR count). The molecule has 1 N–H and O–H groups in total. The number of benzene rings is 1. The molecular weight excluding hydrogens is 304 g/mol. The molecule has 120 valence electrons. The van der Waals surface area contributed by atoms with Crippen molar-refractivity contribution in [1.29, 1.82) is 0 Å². The lowest BCUT2D eigenvalue weighted by atomic mass is 10.1. The van der Waals surface area contributed by atoms with E-state index in [-0.39, 0.29) is 12.5 Å². The third-order valence-electron chi connectivity index (χ3n) is 4.03. The molecule has 0 saturated carbocycles. The van der Waals surface area contributed by atoms with Gasteiger partial charge in [0.15, 0.2) is 0 Å². The number of fused-ring (bicyclic) bond motifs is 2. The Labute approximate surface area is 139 Å². The van der Waals surface area contributed by atoms with Gasteiger partial charge in [-0.3, -0.25) is 14.8 Å². The quantitative estimate of drug-likeness (QED) is 0.786. The van der Waals surface area contributed by atoms with Gasteiger partial charge in [-0.25, -0.2) is 0 Å². The largest absolute Gasteiger partial charge is 0.497 e. The number of pyridine rings is 2. The number of hydrogen-bond donors (Lipinski definition) is 1. The van der Waals surface area contributed by atoms with Gasteiger partial charge in [-0.05, 0) is 37.3 Å². The maximum atomic E-state index is 12.2. The number of carbonyl (C=O) groups excluding carboxylic acids is 1. The Hall–Kier alpha value is -3.15. The van der Waals surface area contributed by atoms with Gasteiger partial charge >= 0.3 is 0 Å². The highest BCUT2D eigenvalue weighted by Crippen LogP contribution is 2.39. The number of aryl methyl sites for hydroxylation is 1. The Morgan fingerprint density at radius 2 is 2.08 bits per heavy atom. The third kappa shape index (κ3) is 2.32. The first kappa shape index (κ1) is 14.4. The Bertz CT molecular complexity index is 955. The molecule has 0 unspecified atom stereocenters. The summed E-state index contributed by atoms with van der Waals surface area (Å²) in [6.07, 6.45) is 1.74. The van der Waals surface area contributed by atoms with Gasteiger partial charge in [-0.2, -0.15) is 0 Å². The van der Waals surface area contributed by atoms with Gasteiger partial charge in [0.1, 0.15) is 17.8 Å². The molecule has 0 fully saturated rings. The van der Waals surface area contributed by atoms with Crippen LogP contribution in [-0.4, -0.2) is 29.5 Å². The summed E-state index contributed by atoms with van der Waals surface area (Å²) in [5, 5.41) is 2.90. The van der Waals surface area contributed by atoms with E-state index in [2.05, 4.69) is 15.3 Å². The van der Waals surface area contributed by atoms with Gasteiger partial charge in [0.25, 0.3) is 0 Å². The molecule has 1 amide bonds. The zero-order chi connectivity index (χ0) is 16.7. The summed E-state index contributed by atoms with van der Waals surface area (Å²) in [6.45, 7) is 2.17. The highest BCUT2D eigenvalue weighted by molar-refractivity contribution is 6.05. The first-order valence-corrected chi connectivity index (χ1v) is 7.63. The van der Waals surface area contributed by atoms with Crippen LogP contribution >= 0.6 is 0 Å². The molecule has 0 aliphatic carbocycles. The minimum Gasteiger partial charge on any atom is -0.497 e. The smallest absolute Gasteiger partial charge is 0.244 e. The summed E-state index contributed by atoms with van der Waals surface area (Å²) >= 11 is 0. The predicted octanol–water partition coefficient (Wildman–Crippen LogP) is 3.04. The van der Waals surface area contributed by atoms with Crippen LogP contribution in [0.4, 0.5) is 17.1 Å². The zero-order valence-corrected chi connectivity index (χ0v) is 13.4. The predicted molar refractivity (Wildman–Crippen MR) is 92.9 cm³/mol. The number of carbonyl (C=O) groups is 1. The summed E-state index contributed by atoms with van der Waals surface area (Å²) < 4.78 is 5.25. The van der Waals surface area contributed by atoms with Crippen molar-refractivity contribution in [2.45, 2.75) is 6.92 Å². The Morgan fingerprint density at radius 1 is 1.21 bits per heavy atom. The Morgan fingerprint density at radius 3 is 2.92 bits per heavy atom. The van der Waals surface area contributed by atoms with E-state index in [0.717, 1.165) is 33.8 Å². The van der Waals surface area contributed by atoms with Gasteiger partial charge in [-0.15, -0.1) is 0 Å². The summed E-state index contributed by atoms with van der Waals surface area (Å²) in [6, 6.07) is 11.4. The minimum absolute atomic E-state index is 0.0747. The van der Waals surface area contributed by atoms with E-state index in [9.17, 15) is 4.79 Å². The third-order valence-corrected chi connectivity index (χ3v) is 4.03. The fourth-order valence-corrected chi connectivity index (χ4v) is 2.99. The van der Waals surface area contributed by atoms with Crippen LogP contribution in [0.25, 0.3) is 11.0 Å². The van der Waals surface area contributed by atoms with Crippen molar-refractivity contribution >= 4 is 34.0 Å². The second-order valence-electron chi connectivity index (χ2n) is 5.67. The minimum atomic E-state index is -0.0747. The maximum Gasteiger partial charge on any atom is 0.244 e. The van der Waals surface area contributed by atoms with Crippen LogP contribution in [0.15, 0.2) is 42.6 Å². The van der Waals surface area contributed by atoms with Gasteiger partial charge < -0.3 is 15.0 Å². The topological polar surface area (TPSA) is 67.3 Å². The fourth-order valence-electron chi connectivity index (χ4n) is 2.99. The number of nitrogens with zero attached hydrogens (tertiary/aromatic N) is 3. The molecule has 1 aliphatic rings. The standard InChI is InChI=1S/C18H16N4O2/c1-11-8-16(18-13(20-11)4-3-7-19-18)22-10-17(23)21-14-9-12(24-2)5-6-15(14)22/h3-9H,10H2,1-2H3,(H,21,23). The van der Waals surface area contributed by atoms with E-state index >= 15 is 0 Å². The summed E-state index contributed by atoms with van der Waals surface area (Å²) in [5.41, 5.74) is 4.98. The molecule has 1 aromatic carbocycles. The van der Waals surface area contributed by atoms with Crippen molar-refractivity contribution in [3.63, 3.8) is 0 Å². The number of rotatable bonds is 2. The molecule has 3 aromatic rings. The number of methoxy groups -OCH3 is 1. The number of amides is 1. The number of hydrogen-bond acceptors (Lipinski definition) is 5. The lowest BCUT2D eigenvalue weighted by Gasteiger charge is -2.31. The first-order valence-electron chi connectivity index (χ1n) is 7.63. The van der Waals surface area contributed by atoms with Crippen LogP contribution in [0.2, 0.25) is 0 Å². The zero-order valence-electron chi connectivity index (χ0n) is 13.4. The molecule has 0 bridgehead atoms. The maximum absolute atomic E-state index is 12.2. The van der Waals surface area contributed by atoms with E-state index in [1.54, 1.807) is 13.3 Å². The van der Waals surface area contributed by atoms with Crippen molar-refractivity contribution in [1.82, 2.24) is 9.97 Å². The molecule has 0 saturated heterocycles. The van der Waals surface area contributed by atoms with E-state index in [1.165, 1.54) is 0 Å². The molecular formula is C18H16N4O2. The molecule has 0 radical (unpaired) electrons. The highest BCUT2D eigenvalue weighted by atomic mass is 16.5. The number of ether oxygens (including phenoxy) is 1. The Kier molecular flexibility index (Phi) is 3.30. The number of nitrogens with one attached hydrogen (secondary N) is 1. The van der Waals surface area contributed by atoms with E-state index < -0.39 is 0 Å². The highest BCUT2D eigenvalue weighted by Gasteiger charge is 2.25. The lowest BCUT2D eigenvalue weighted by Crippen LogP contribution is -2.35. The first-order chi connectivity index (χ1) is 11.7. The molecule has 0 atom stereocenters. The van der Waals surface area contributed by atoms with Crippen molar-refractivity contribution in [3.8, 4) is 5.75 Å². The molecule has 6 nitrogen and oxygen atoms in total. The number of anilines is 3. The van der Waals surface area contributed by atoms with Gasteiger partial charge in [0.05, 0.1) is 29.7 Å². The van der Waals surface area contributed by atoms with Crippen molar-refractivity contribution in [2.24, 2.45) is 0 Å². The van der Waals surface area contributed by atoms with E-state index in [0.29, 0.717) is 5.75 Å². The lowest BCUT2D eigenvalue weighted by molar-refractivity contribution is -0.115. The molecule has 3 heterocycles. The van der Waals surface area contributed by atoms with Crippen LogP contribution in [0.5, 0.6) is 5.75 Å². The van der Waals surface area contributed by atoms with Crippen molar-refractivity contribution in [3.05, 3.63) is 48.3 Å². The van der Waals surface area contributed by atoms with Crippen LogP contribution in [-0.2, 0) is 4.79 Å². The fraction of sp³-hybridized carbons (Fsp3) is 0.167. The van der Waals surface area contributed by atoms with Crippen LogP contribution < -0.4 is 15.0 Å². The SMILES string of the molecule is COc1ccc2c(c1)NC(=O)CN2c1cc(C)nc2cccnc12. The molecule has 6 heteroatoms. The molecule has 24 heavy (non-hydrogen) atoms. The summed E-state index contributed by atoms with van der Waals surface area (Å²) in [4.78, 5) is 23.2. The van der Waals surface area contributed by atoms with Gasteiger partial charge in [0, 0.05) is 18.0 Å². The molecule has 1 aliphatic heterocycles. The van der Waals surface area contributed by atoms with Crippen molar-refractivity contribution < 1.29 is 9.53 Å². The normalized spacial score (nSPS) is 13.6. The molecule has 2 aromatic heterocycles. The monoisotopic (exact) mass is 320 g/mol. The Balaban J connectivity index is 1.94. The number of aromatic nitrogens is 2. The second kappa shape index (κ2) is 5.49. The van der Waals surface area contributed by atoms with E-state index in [1.807, 2.05) is 48.2 Å². The van der Waals surface area contributed by atoms with Crippen LogP contribution in [0.3, 0.4) is 0 Å². The summed E-state index contributed by atoms with van der Waals surface area (Å²) in [7, 11) is 1.60. The second-order valence-corrected chi connectivity index (χ2v) is 5.67.